The highest BCUT2D eigenvalue weighted by atomic mass is 16.5. The maximum atomic E-state index is 12.4. The summed E-state index contributed by atoms with van der Waals surface area (Å²) in [4.78, 5) is 33.2. The Labute approximate surface area is 166 Å². The van der Waals surface area contributed by atoms with E-state index < -0.39 is 0 Å². The Morgan fingerprint density at radius 1 is 1.21 bits per heavy atom. The number of rotatable bonds is 6. The second-order valence-electron chi connectivity index (χ2n) is 6.50. The van der Waals surface area contributed by atoms with E-state index in [0.717, 1.165) is 16.8 Å². The standard InChI is InChI=1S/C21H19N5O3/c1-29-17-6-2-4-14(8-17)9-20(27)23-13-16-10-21(28)26-19(24-16)11-18(25-26)15-5-3-7-22-12-15/h2-8,10-12,25H,9,13H2,1H3,(H,23,27). The van der Waals surface area contributed by atoms with Crippen molar-refractivity contribution in [2.75, 3.05) is 7.11 Å². The molecule has 0 saturated carbocycles. The smallest absolute Gasteiger partial charge is 0.272 e. The first kappa shape index (κ1) is 18.4. The minimum Gasteiger partial charge on any atom is -0.497 e. The molecule has 8 heteroatoms. The van der Waals surface area contributed by atoms with E-state index in [-0.39, 0.29) is 24.4 Å². The molecule has 0 fully saturated rings. The fourth-order valence-electron chi connectivity index (χ4n) is 3.02. The van der Waals surface area contributed by atoms with Crippen LogP contribution in [-0.4, -0.2) is 32.6 Å². The summed E-state index contributed by atoms with van der Waals surface area (Å²) < 4.78 is 6.53. The normalized spacial score (nSPS) is 10.8. The lowest BCUT2D eigenvalue weighted by Crippen LogP contribution is -2.26. The number of hydrogen-bond donors (Lipinski definition) is 2. The van der Waals surface area contributed by atoms with Crippen molar-refractivity contribution < 1.29 is 9.53 Å². The molecule has 0 unspecified atom stereocenters. The van der Waals surface area contributed by atoms with Gasteiger partial charge in [-0.1, -0.05) is 12.1 Å². The summed E-state index contributed by atoms with van der Waals surface area (Å²) in [5.74, 6) is 0.540. The number of H-pyrrole nitrogens is 1. The minimum absolute atomic E-state index is 0.162. The number of pyridine rings is 1. The third-order valence-corrected chi connectivity index (χ3v) is 4.44. The number of ether oxygens (including phenoxy) is 1. The number of benzene rings is 1. The van der Waals surface area contributed by atoms with Crippen LogP contribution in [-0.2, 0) is 17.8 Å². The first-order valence-electron chi connectivity index (χ1n) is 9.04. The molecule has 3 aromatic heterocycles. The number of hydrogen-bond acceptors (Lipinski definition) is 5. The molecule has 1 amide bonds. The van der Waals surface area contributed by atoms with Crippen molar-refractivity contribution in [3.8, 4) is 17.0 Å². The summed E-state index contributed by atoms with van der Waals surface area (Å²) in [6.45, 7) is 0.169. The Hall–Kier alpha value is -3.94. The average Bonchev–Trinajstić information content (AvgIpc) is 3.18. The quantitative estimate of drug-likeness (QED) is 0.525. The highest BCUT2D eigenvalue weighted by Gasteiger charge is 2.10. The Morgan fingerprint density at radius 3 is 2.90 bits per heavy atom. The van der Waals surface area contributed by atoms with E-state index in [2.05, 4.69) is 20.4 Å². The van der Waals surface area contributed by atoms with Crippen molar-refractivity contribution in [3.05, 3.63) is 82.5 Å². The number of carbonyl (C=O) groups excluding carboxylic acids is 1. The van der Waals surface area contributed by atoms with E-state index in [4.69, 9.17) is 4.74 Å². The summed E-state index contributed by atoms with van der Waals surface area (Å²) in [5.41, 5.74) is 3.16. The predicted octanol–water partition coefficient (Wildman–Crippen LogP) is 1.95. The van der Waals surface area contributed by atoms with Crippen LogP contribution in [0.15, 0.2) is 65.7 Å². The fourth-order valence-corrected chi connectivity index (χ4v) is 3.02. The molecule has 0 aliphatic carbocycles. The van der Waals surface area contributed by atoms with Crippen molar-refractivity contribution in [2.24, 2.45) is 0 Å². The molecule has 4 rings (SSSR count). The molecule has 29 heavy (non-hydrogen) atoms. The van der Waals surface area contributed by atoms with Gasteiger partial charge in [-0.2, -0.15) is 0 Å². The van der Waals surface area contributed by atoms with Crippen LogP contribution < -0.4 is 15.6 Å². The molecule has 146 valence electrons. The van der Waals surface area contributed by atoms with Crippen LogP contribution in [0, 0.1) is 0 Å². The fraction of sp³-hybridized carbons (Fsp3) is 0.143. The maximum Gasteiger partial charge on any atom is 0.272 e. The molecular weight excluding hydrogens is 370 g/mol. The van der Waals surface area contributed by atoms with Gasteiger partial charge in [0.2, 0.25) is 5.91 Å². The number of methoxy groups -OCH3 is 1. The Balaban J connectivity index is 1.48. The maximum absolute atomic E-state index is 12.4. The third-order valence-electron chi connectivity index (χ3n) is 4.44. The van der Waals surface area contributed by atoms with Gasteiger partial charge in [0.25, 0.3) is 5.56 Å². The van der Waals surface area contributed by atoms with Crippen LogP contribution in [0.3, 0.4) is 0 Å². The van der Waals surface area contributed by atoms with Crippen LogP contribution in [0.25, 0.3) is 16.9 Å². The van der Waals surface area contributed by atoms with E-state index in [9.17, 15) is 9.59 Å². The van der Waals surface area contributed by atoms with Crippen molar-refractivity contribution in [1.29, 1.82) is 0 Å². The van der Waals surface area contributed by atoms with Gasteiger partial charge < -0.3 is 10.1 Å². The number of amides is 1. The summed E-state index contributed by atoms with van der Waals surface area (Å²) >= 11 is 0. The zero-order valence-corrected chi connectivity index (χ0v) is 15.8. The number of nitrogens with zero attached hydrogens (tertiary/aromatic N) is 3. The van der Waals surface area contributed by atoms with E-state index in [0.29, 0.717) is 17.1 Å². The second kappa shape index (κ2) is 7.97. The van der Waals surface area contributed by atoms with Crippen molar-refractivity contribution >= 4 is 11.6 Å². The first-order chi connectivity index (χ1) is 14.1. The molecule has 0 aliphatic heterocycles. The van der Waals surface area contributed by atoms with Crippen LogP contribution in [0.2, 0.25) is 0 Å². The van der Waals surface area contributed by atoms with Gasteiger partial charge in [0.05, 0.1) is 31.5 Å². The highest BCUT2D eigenvalue weighted by Crippen LogP contribution is 2.17. The topological polar surface area (TPSA) is 101 Å². The second-order valence-corrected chi connectivity index (χ2v) is 6.50. The Kier molecular flexibility index (Phi) is 5.07. The van der Waals surface area contributed by atoms with Crippen molar-refractivity contribution in [3.63, 3.8) is 0 Å². The van der Waals surface area contributed by atoms with Gasteiger partial charge in [-0.05, 0) is 29.8 Å². The SMILES string of the molecule is COc1cccc(CC(=O)NCc2cc(=O)n3[nH]c(-c4cccnc4)cc3n2)c1. The minimum atomic E-state index is -0.248. The summed E-state index contributed by atoms with van der Waals surface area (Å²) in [5, 5.41) is 5.82. The van der Waals surface area contributed by atoms with Crippen LogP contribution >= 0.6 is 0 Å². The van der Waals surface area contributed by atoms with Crippen molar-refractivity contribution in [1.82, 2.24) is 24.9 Å². The van der Waals surface area contributed by atoms with Gasteiger partial charge in [-0.3, -0.25) is 19.7 Å². The Morgan fingerprint density at radius 2 is 2.10 bits per heavy atom. The number of aromatic nitrogens is 4. The van der Waals surface area contributed by atoms with E-state index in [1.807, 2.05) is 36.4 Å². The molecule has 0 spiro atoms. The molecule has 0 bridgehead atoms. The number of nitrogens with one attached hydrogen (secondary N) is 2. The predicted molar refractivity (Wildman–Crippen MR) is 108 cm³/mol. The van der Waals surface area contributed by atoms with Crippen LogP contribution in [0.1, 0.15) is 11.3 Å². The molecule has 0 atom stereocenters. The van der Waals surface area contributed by atoms with Crippen LogP contribution in [0.5, 0.6) is 5.75 Å². The van der Waals surface area contributed by atoms with Gasteiger partial charge in [-0.15, -0.1) is 0 Å². The first-order valence-corrected chi connectivity index (χ1v) is 9.04. The highest BCUT2D eigenvalue weighted by molar-refractivity contribution is 5.78. The number of carbonyl (C=O) groups is 1. The lowest BCUT2D eigenvalue weighted by molar-refractivity contribution is -0.120. The molecule has 3 heterocycles. The van der Waals surface area contributed by atoms with Gasteiger partial charge in [0, 0.05) is 30.1 Å². The van der Waals surface area contributed by atoms with Gasteiger partial charge in [0.1, 0.15) is 5.75 Å². The lowest BCUT2D eigenvalue weighted by Gasteiger charge is -2.06. The van der Waals surface area contributed by atoms with Gasteiger partial charge >= 0.3 is 0 Å². The molecule has 4 aromatic rings. The lowest BCUT2D eigenvalue weighted by atomic mass is 10.1. The molecular formula is C21H19N5O3. The van der Waals surface area contributed by atoms with Gasteiger partial charge in [-0.25, -0.2) is 9.50 Å². The third kappa shape index (κ3) is 4.16. The van der Waals surface area contributed by atoms with E-state index in [1.54, 1.807) is 25.6 Å². The van der Waals surface area contributed by atoms with Crippen LogP contribution in [0.4, 0.5) is 0 Å². The molecule has 1 aromatic carbocycles. The molecule has 0 aliphatic rings. The zero-order chi connectivity index (χ0) is 20.2. The molecule has 0 saturated heterocycles. The molecule has 8 nitrogen and oxygen atoms in total. The van der Waals surface area contributed by atoms with E-state index >= 15 is 0 Å². The summed E-state index contributed by atoms with van der Waals surface area (Å²) in [7, 11) is 1.58. The van der Waals surface area contributed by atoms with Crippen molar-refractivity contribution in [2.45, 2.75) is 13.0 Å². The number of fused-ring (bicyclic) bond motifs is 1. The molecule has 0 radical (unpaired) electrons. The molecule has 2 N–H and O–H groups in total. The summed E-state index contributed by atoms with van der Waals surface area (Å²) in [6, 6.07) is 14.2. The monoisotopic (exact) mass is 389 g/mol. The average molecular weight is 389 g/mol. The van der Waals surface area contributed by atoms with Gasteiger partial charge in [0.15, 0.2) is 5.65 Å². The Bertz CT molecular complexity index is 1210. The van der Waals surface area contributed by atoms with E-state index in [1.165, 1.54) is 10.6 Å². The number of aromatic amines is 1. The summed E-state index contributed by atoms with van der Waals surface area (Å²) in [6.07, 6.45) is 3.60. The largest absolute Gasteiger partial charge is 0.497 e. The zero-order valence-electron chi connectivity index (χ0n) is 15.8.